The number of rotatable bonds is 2. The minimum atomic E-state index is -1.82. The van der Waals surface area contributed by atoms with Crippen LogP contribution in [-0.4, -0.2) is 55.3 Å². The first-order valence-electron chi connectivity index (χ1n) is 8.82. The lowest BCUT2D eigenvalue weighted by atomic mass is 10.2. The highest BCUT2D eigenvalue weighted by Gasteiger charge is 2.18. The maximum absolute atomic E-state index is 11.3. The summed E-state index contributed by atoms with van der Waals surface area (Å²) >= 11 is 0. The van der Waals surface area contributed by atoms with Crippen LogP contribution in [0.4, 0.5) is 0 Å². The van der Waals surface area contributed by atoms with Gasteiger partial charge in [0.2, 0.25) is 0 Å². The Kier molecular flexibility index (Phi) is 10.1. The summed E-state index contributed by atoms with van der Waals surface area (Å²) in [5.74, 6) is -4.27. The summed E-state index contributed by atoms with van der Waals surface area (Å²) in [5, 5.41) is 14.8. The van der Waals surface area contributed by atoms with E-state index in [4.69, 9.17) is 29.3 Å². The lowest BCUT2D eigenvalue weighted by Crippen LogP contribution is -2.24. The Hall–Kier alpha value is -3.56. The second-order valence-corrected chi connectivity index (χ2v) is 7.78. The van der Waals surface area contributed by atoms with Crippen molar-refractivity contribution in [3.8, 4) is 0 Å². The number of carboxylic acids is 2. The molecule has 166 valence electrons. The number of hydrogen-bond acceptors (Lipinski definition) is 6. The van der Waals surface area contributed by atoms with Crippen molar-refractivity contribution in [2.75, 3.05) is 0 Å². The molecule has 0 aromatic carbocycles. The fourth-order valence-corrected chi connectivity index (χ4v) is 1.58. The van der Waals surface area contributed by atoms with Gasteiger partial charge in [0.1, 0.15) is 22.6 Å². The molecule has 4 N–H and O–H groups in total. The van der Waals surface area contributed by atoms with Crippen LogP contribution in [0, 0.1) is 0 Å². The number of aliphatic carboxylic acids is 2. The number of carboxylic acid groups (broad SMARTS) is 2. The predicted octanol–water partition coefficient (Wildman–Crippen LogP) is 3.10. The second kappa shape index (κ2) is 11.4. The predicted molar refractivity (Wildman–Crippen MR) is 107 cm³/mol. The summed E-state index contributed by atoms with van der Waals surface area (Å²) in [5.41, 5.74) is 0.125. The number of H-pyrrole nitrogens is 2. The van der Waals surface area contributed by atoms with E-state index in [9.17, 15) is 9.59 Å². The normalized spacial score (nSPS) is 10.5. The van der Waals surface area contributed by atoms with Crippen LogP contribution in [-0.2, 0) is 19.1 Å². The van der Waals surface area contributed by atoms with Crippen molar-refractivity contribution in [1.82, 2.24) is 9.97 Å². The molecule has 10 nitrogen and oxygen atoms in total. The summed E-state index contributed by atoms with van der Waals surface area (Å²) in [4.78, 5) is 46.3. The SMILES string of the molecule is CC(C)(C)OC(=O)c1ccc[nH]1.CC(C)(C)OC(=O)c1ccc[nH]1.O=C(O)C(=O)O. The largest absolute Gasteiger partial charge is 0.473 e. The van der Waals surface area contributed by atoms with E-state index in [1.807, 2.05) is 41.5 Å². The third-order valence-electron chi connectivity index (χ3n) is 2.62. The van der Waals surface area contributed by atoms with Crippen LogP contribution in [0.3, 0.4) is 0 Å². The second-order valence-electron chi connectivity index (χ2n) is 7.78. The molecule has 0 amide bonds. The number of esters is 2. The Bertz CT molecular complexity index is 740. The number of carbonyl (C=O) groups excluding carboxylic acids is 2. The zero-order valence-electron chi connectivity index (χ0n) is 17.8. The molecule has 10 heteroatoms. The van der Waals surface area contributed by atoms with Crippen molar-refractivity contribution < 1.29 is 38.9 Å². The Balaban J connectivity index is 0.000000447. The maximum Gasteiger partial charge on any atom is 0.414 e. The molecular formula is C20H28N2O8. The molecule has 2 rings (SSSR count). The highest BCUT2D eigenvalue weighted by Crippen LogP contribution is 2.11. The molecule has 0 spiro atoms. The van der Waals surface area contributed by atoms with E-state index in [0.29, 0.717) is 11.4 Å². The van der Waals surface area contributed by atoms with Gasteiger partial charge in [0.05, 0.1) is 0 Å². The van der Waals surface area contributed by atoms with Crippen molar-refractivity contribution >= 4 is 23.9 Å². The van der Waals surface area contributed by atoms with Gasteiger partial charge in [0.15, 0.2) is 0 Å². The first-order valence-corrected chi connectivity index (χ1v) is 8.82. The molecule has 0 atom stereocenters. The number of ether oxygens (including phenoxy) is 2. The van der Waals surface area contributed by atoms with Crippen LogP contribution in [0.15, 0.2) is 36.7 Å². The molecule has 0 bridgehead atoms. The first-order chi connectivity index (χ1) is 13.6. The standard InChI is InChI=1S/2C9H13NO2.C2H2O4/c2*1-9(2,3)12-8(11)7-5-4-6-10-7;3-1(4)2(5)6/h2*4-6,10H,1-3H3;(H,3,4)(H,5,6). The van der Waals surface area contributed by atoms with Crippen LogP contribution in [0.25, 0.3) is 0 Å². The third kappa shape index (κ3) is 12.8. The summed E-state index contributed by atoms with van der Waals surface area (Å²) in [6, 6.07) is 6.90. The Morgan fingerprint density at radius 1 is 0.700 bits per heavy atom. The summed E-state index contributed by atoms with van der Waals surface area (Å²) < 4.78 is 10.2. The molecule has 0 saturated carbocycles. The van der Waals surface area contributed by atoms with E-state index >= 15 is 0 Å². The molecule has 30 heavy (non-hydrogen) atoms. The lowest BCUT2D eigenvalue weighted by Gasteiger charge is -2.18. The fraction of sp³-hybridized carbons (Fsp3) is 0.400. The van der Waals surface area contributed by atoms with E-state index in [2.05, 4.69) is 9.97 Å². The van der Waals surface area contributed by atoms with Gasteiger partial charge in [-0.15, -0.1) is 0 Å². The van der Waals surface area contributed by atoms with Gasteiger partial charge in [-0.2, -0.15) is 0 Å². The van der Waals surface area contributed by atoms with Crippen molar-refractivity contribution in [3.05, 3.63) is 48.0 Å². The van der Waals surface area contributed by atoms with Gasteiger partial charge in [-0.3, -0.25) is 0 Å². The molecule has 0 saturated heterocycles. The smallest absolute Gasteiger partial charge is 0.414 e. The molecule has 0 fully saturated rings. The van der Waals surface area contributed by atoms with E-state index in [1.165, 1.54) is 0 Å². The Morgan fingerprint density at radius 3 is 1.17 bits per heavy atom. The number of carbonyl (C=O) groups is 4. The van der Waals surface area contributed by atoms with Gasteiger partial charge >= 0.3 is 23.9 Å². The lowest BCUT2D eigenvalue weighted by molar-refractivity contribution is -0.159. The molecule has 0 aliphatic rings. The van der Waals surface area contributed by atoms with Crippen LogP contribution in [0.2, 0.25) is 0 Å². The molecule has 2 aromatic rings. The average Bonchev–Trinajstić information content (AvgIpc) is 3.27. The topological polar surface area (TPSA) is 159 Å². The highest BCUT2D eigenvalue weighted by molar-refractivity contribution is 6.27. The van der Waals surface area contributed by atoms with Crippen molar-refractivity contribution in [3.63, 3.8) is 0 Å². The van der Waals surface area contributed by atoms with E-state index in [0.717, 1.165) is 0 Å². The molecule has 2 aromatic heterocycles. The monoisotopic (exact) mass is 424 g/mol. The van der Waals surface area contributed by atoms with Crippen LogP contribution < -0.4 is 0 Å². The zero-order valence-corrected chi connectivity index (χ0v) is 17.8. The third-order valence-corrected chi connectivity index (χ3v) is 2.62. The number of nitrogens with one attached hydrogen (secondary N) is 2. The summed E-state index contributed by atoms with van der Waals surface area (Å²) in [7, 11) is 0. The summed E-state index contributed by atoms with van der Waals surface area (Å²) in [6.45, 7) is 11.0. The van der Waals surface area contributed by atoms with E-state index in [1.54, 1.807) is 36.7 Å². The van der Waals surface area contributed by atoms with Crippen LogP contribution in [0.5, 0.6) is 0 Å². The number of aromatic nitrogens is 2. The van der Waals surface area contributed by atoms with Gasteiger partial charge in [-0.25, -0.2) is 19.2 Å². The van der Waals surface area contributed by atoms with Crippen LogP contribution >= 0.6 is 0 Å². The zero-order chi connectivity index (χ0) is 23.5. The minimum Gasteiger partial charge on any atom is -0.473 e. The molecule has 0 unspecified atom stereocenters. The minimum absolute atomic E-state index is 0.312. The highest BCUT2D eigenvalue weighted by atomic mass is 16.6. The van der Waals surface area contributed by atoms with Crippen molar-refractivity contribution in [1.29, 1.82) is 0 Å². The Labute approximate surface area is 174 Å². The first kappa shape index (κ1) is 26.4. The fourth-order valence-electron chi connectivity index (χ4n) is 1.58. The molecular weight excluding hydrogens is 396 g/mol. The van der Waals surface area contributed by atoms with E-state index < -0.39 is 23.1 Å². The van der Waals surface area contributed by atoms with Crippen molar-refractivity contribution in [2.24, 2.45) is 0 Å². The molecule has 0 aliphatic carbocycles. The van der Waals surface area contributed by atoms with E-state index in [-0.39, 0.29) is 11.9 Å². The van der Waals surface area contributed by atoms with Gasteiger partial charge < -0.3 is 29.7 Å². The Morgan fingerprint density at radius 2 is 1.00 bits per heavy atom. The van der Waals surface area contributed by atoms with Crippen LogP contribution in [0.1, 0.15) is 62.5 Å². The quantitative estimate of drug-likeness (QED) is 0.423. The molecule has 2 heterocycles. The van der Waals surface area contributed by atoms with Gasteiger partial charge in [0.25, 0.3) is 0 Å². The number of aromatic amines is 2. The average molecular weight is 424 g/mol. The maximum atomic E-state index is 11.3. The molecule has 0 aliphatic heterocycles. The van der Waals surface area contributed by atoms with Gasteiger partial charge in [-0.1, -0.05) is 0 Å². The molecule has 0 radical (unpaired) electrons. The number of hydrogen-bond donors (Lipinski definition) is 4. The van der Waals surface area contributed by atoms with Crippen molar-refractivity contribution in [2.45, 2.75) is 52.7 Å². The van der Waals surface area contributed by atoms with Gasteiger partial charge in [-0.05, 0) is 65.8 Å². The van der Waals surface area contributed by atoms with Gasteiger partial charge in [0, 0.05) is 12.4 Å². The summed E-state index contributed by atoms with van der Waals surface area (Å²) in [6.07, 6.45) is 3.39.